The first-order chi connectivity index (χ1) is 11.3. The summed E-state index contributed by atoms with van der Waals surface area (Å²) in [5.74, 6) is -2.01. The summed E-state index contributed by atoms with van der Waals surface area (Å²) in [6, 6.07) is 13.2. The van der Waals surface area contributed by atoms with Gasteiger partial charge in [0.05, 0.1) is 5.92 Å². The summed E-state index contributed by atoms with van der Waals surface area (Å²) in [6.45, 7) is 3.92. The summed E-state index contributed by atoms with van der Waals surface area (Å²) < 4.78 is 0.898. The van der Waals surface area contributed by atoms with Crippen LogP contribution in [0.5, 0.6) is 0 Å². The van der Waals surface area contributed by atoms with Gasteiger partial charge >= 0.3 is 5.97 Å². The Kier molecular flexibility index (Phi) is 6.15. The van der Waals surface area contributed by atoms with E-state index in [0.29, 0.717) is 12.1 Å². The lowest BCUT2D eigenvalue weighted by Gasteiger charge is -2.13. The van der Waals surface area contributed by atoms with Gasteiger partial charge in [-0.2, -0.15) is 0 Å². The third-order valence-electron chi connectivity index (χ3n) is 3.80. The minimum Gasteiger partial charge on any atom is -0.481 e. The van der Waals surface area contributed by atoms with Gasteiger partial charge in [0.25, 0.3) is 0 Å². The molecule has 0 bridgehead atoms. The number of carboxylic acids is 1. The molecule has 24 heavy (non-hydrogen) atoms. The minimum atomic E-state index is -0.961. The first-order valence-corrected chi connectivity index (χ1v) is 8.49. The number of nitrogens with one attached hydrogen (secondary N) is 1. The largest absolute Gasteiger partial charge is 0.481 e. The van der Waals surface area contributed by atoms with E-state index in [4.69, 9.17) is 0 Å². The third kappa shape index (κ3) is 5.20. The number of amides is 1. The van der Waals surface area contributed by atoms with Gasteiger partial charge < -0.3 is 10.4 Å². The molecule has 2 aromatic carbocycles. The highest BCUT2D eigenvalue weighted by molar-refractivity contribution is 9.10. The maximum atomic E-state index is 12.2. The fourth-order valence-electron chi connectivity index (χ4n) is 2.48. The van der Waals surface area contributed by atoms with Crippen molar-refractivity contribution >= 4 is 33.5 Å². The highest BCUT2D eigenvalue weighted by Gasteiger charge is 2.22. The van der Waals surface area contributed by atoms with Crippen LogP contribution in [0, 0.1) is 19.8 Å². The SMILES string of the molecule is Cc1cccc(CC(CC(=O)Nc2ccc(C)c(Br)c2)C(=O)O)c1. The van der Waals surface area contributed by atoms with Gasteiger partial charge in [0.15, 0.2) is 0 Å². The monoisotopic (exact) mass is 389 g/mol. The lowest BCUT2D eigenvalue weighted by molar-refractivity contribution is -0.143. The van der Waals surface area contributed by atoms with Crippen LogP contribution in [0.3, 0.4) is 0 Å². The van der Waals surface area contributed by atoms with Crippen molar-refractivity contribution in [2.75, 3.05) is 5.32 Å². The average Bonchev–Trinajstić information content (AvgIpc) is 2.50. The predicted molar refractivity (Wildman–Crippen MR) is 98.1 cm³/mol. The Morgan fingerprint density at radius 3 is 2.54 bits per heavy atom. The molecular formula is C19H20BrNO3. The van der Waals surface area contributed by atoms with E-state index >= 15 is 0 Å². The molecule has 0 saturated heterocycles. The number of carbonyl (C=O) groups excluding carboxylic acids is 1. The van der Waals surface area contributed by atoms with Crippen molar-refractivity contribution in [3.05, 3.63) is 63.6 Å². The molecule has 1 unspecified atom stereocenters. The number of aryl methyl sites for hydroxylation is 2. The molecule has 0 aliphatic carbocycles. The Morgan fingerprint density at radius 1 is 1.17 bits per heavy atom. The van der Waals surface area contributed by atoms with Crippen LogP contribution in [-0.4, -0.2) is 17.0 Å². The topological polar surface area (TPSA) is 66.4 Å². The van der Waals surface area contributed by atoms with Crippen LogP contribution in [0.15, 0.2) is 46.9 Å². The zero-order chi connectivity index (χ0) is 17.7. The van der Waals surface area contributed by atoms with E-state index in [2.05, 4.69) is 21.2 Å². The van der Waals surface area contributed by atoms with E-state index < -0.39 is 11.9 Å². The standard InChI is InChI=1S/C19H20BrNO3/c1-12-4-3-5-14(8-12)9-15(19(23)24)10-18(22)21-16-7-6-13(2)17(20)11-16/h3-8,11,15H,9-10H2,1-2H3,(H,21,22)(H,23,24). The number of halogens is 1. The highest BCUT2D eigenvalue weighted by atomic mass is 79.9. The van der Waals surface area contributed by atoms with Crippen LogP contribution >= 0.6 is 15.9 Å². The molecule has 126 valence electrons. The summed E-state index contributed by atoms with van der Waals surface area (Å²) >= 11 is 3.42. The van der Waals surface area contributed by atoms with Crippen molar-refractivity contribution in [1.29, 1.82) is 0 Å². The molecule has 0 heterocycles. The Bertz CT molecular complexity index is 758. The number of aliphatic carboxylic acids is 1. The molecule has 2 N–H and O–H groups in total. The Balaban J connectivity index is 2.02. The Morgan fingerprint density at radius 2 is 1.92 bits per heavy atom. The first-order valence-electron chi connectivity index (χ1n) is 7.69. The number of hydrogen-bond acceptors (Lipinski definition) is 2. The molecule has 0 saturated carbocycles. The van der Waals surface area contributed by atoms with Crippen molar-refractivity contribution in [2.24, 2.45) is 5.92 Å². The van der Waals surface area contributed by atoms with Crippen LogP contribution in [-0.2, 0) is 16.0 Å². The molecule has 0 aliphatic rings. The summed E-state index contributed by atoms with van der Waals surface area (Å²) in [7, 11) is 0. The summed E-state index contributed by atoms with van der Waals surface area (Å²) in [5, 5.41) is 12.2. The second-order valence-corrected chi connectivity index (χ2v) is 6.80. The van der Waals surface area contributed by atoms with Gasteiger partial charge in [0.2, 0.25) is 5.91 Å². The Labute approximate surface area is 150 Å². The van der Waals surface area contributed by atoms with E-state index in [-0.39, 0.29) is 12.3 Å². The normalized spacial score (nSPS) is 11.8. The van der Waals surface area contributed by atoms with Gasteiger partial charge in [-0.05, 0) is 43.5 Å². The average molecular weight is 390 g/mol. The second-order valence-electron chi connectivity index (χ2n) is 5.94. The zero-order valence-corrected chi connectivity index (χ0v) is 15.3. The van der Waals surface area contributed by atoms with E-state index in [0.717, 1.165) is 21.2 Å². The quantitative estimate of drug-likeness (QED) is 0.771. The lowest BCUT2D eigenvalue weighted by atomic mass is 9.95. The summed E-state index contributed by atoms with van der Waals surface area (Å²) in [6.07, 6.45) is 0.275. The Hall–Kier alpha value is -2.14. The molecule has 2 rings (SSSR count). The lowest BCUT2D eigenvalue weighted by Crippen LogP contribution is -2.24. The number of benzene rings is 2. The van der Waals surface area contributed by atoms with E-state index in [1.54, 1.807) is 6.07 Å². The number of anilines is 1. The van der Waals surface area contributed by atoms with Gasteiger partial charge in [0, 0.05) is 16.6 Å². The van der Waals surface area contributed by atoms with Gasteiger partial charge in [-0.1, -0.05) is 51.8 Å². The maximum Gasteiger partial charge on any atom is 0.307 e. The van der Waals surface area contributed by atoms with E-state index in [1.807, 2.05) is 50.2 Å². The van der Waals surface area contributed by atoms with E-state index in [1.165, 1.54) is 0 Å². The molecule has 0 spiro atoms. The van der Waals surface area contributed by atoms with Crippen LogP contribution in [0.25, 0.3) is 0 Å². The van der Waals surface area contributed by atoms with Gasteiger partial charge in [-0.15, -0.1) is 0 Å². The number of rotatable bonds is 6. The maximum absolute atomic E-state index is 12.2. The molecule has 2 aromatic rings. The van der Waals surface area contributed by atoms with Crippen molar-refractivity contribution in [3.8, 4) is 0 Å². The summed E-state index contributed by atoms with van der Waals surface area (Å²) in [5.41, 5.74) is 3.71. The molecule has 1 amide bonds. The number of carbonyl (C=O) groups is 2. The minimum absolute atomic E-state index is 0.0607. The van der Waals surface area contributed by atoms with Gasteiger partial charge in [-0.25, -0.2) is 0 Å². The van der Waals surface area contributed by atoms with Crippen molar-refractivity contribution in [2.45, 2.75) is 26.7 Å². The van der Waals surface area contributed by atoms with Crippen molar-refractivity contribution < 1.29 is 14.7 Å². The first kappa shape index (κ1) is 18.2. The fourth-order valence-corrected chi connectivity index (χ4v) is 2.86. The fraction of sp³-hybridized carbons (Fsp3) is 0.263. The second kappa shape index (κ2) is 8.11. The predicted octanol–water partition coefficient (Wildman–Crippen LogP) is 4.34. The molecular weight excluding hydrogens is 370 g/mol. The number of hydrogen-bond donors (Lipinski definition) is 2. The van der Waals surface area contributed by atoms with Gasteiger partial charge in [-0.3, -0.25) is 9.59 Å². The van der Waals surface area contributed by atoms with Gasteiger partial charge in [0.1, 0.15) is 0 Å². The van der Waals surface area contributed by atoms with Crippen molar-refractivity contribution in [1.82, 2.24) is 0 Å². The molecule has 0 aliphatic heterocycles. The molecule has 0 aromatic heterocycles. The van der Waals surface area contributed by atoms with Crippen LogP contribution in [0.4, 0.5) is 5.69 Å². The number of carboxylic acid groups (broad SMARTS) is 1. The molecule has 4 nitrogen and oxygen atoms in total. The molecule has 0 radical (unpaired) electrons. The zero-order valence-electron chi connectivity index (χ0n) is 13.7. The summed E-state index contributed by atoms with van der Waals surface area (Å²) in [4.78, 5) is 23.7. The molecule has 0 fully saturated rings. The van der Waals surface area contributed by atoms with Crippen LogP contribution in [0.2, 0.25) is 0 Å². The van der Waals surface area contributed by atoms with Crippen molar-refractivity contribution in [3.63, 3.8) is 0 Å². The van der Waals surface area contributed by atoms with Crippen LogP contribution in [0.1, 0.15) is 23.1 Å². The van der Waals surface area contributed by atoms with E-state index in [9.17, 15) is 14.7 Å². The molecule has 1 atom stereocenters. The smallest absolute Gasteiger partial charge is 0.307 e. The van der Waals surface area contributed by atoms with Crippen LogP contribution < -0.4 is 5.32 Å². The molecule has 5 heteroatoms. The third-order valence-corrected chi connectivity index (χ3v) is 4.66. The highest BCUT2D eigenvalue weighted by Crippen LogP contribution is 2.21.